The summed E-state index contributed by atoms with van der Waals surface area (Å²) in [4.78, 5) is 17.4. The molecule has 2 heterocycles. The van der Waals surface area contributed by atoms with Crippen molar-refractivity contribution in [3.05, 3.63) is 45.6 Å². The summed E-state index contributed by atoms with van der Waals surface area (Å²) in [5.74, 6) is -5.20. The van der Waals surface area contributed by atoms with Gasteiger partial charge >= 0.3 is 6.01 Å². The highest BCUT2D eigenvalue weighted by molar-refractivity contribution is 5.67. The van der Waals surface area contributed by atoms with Crippen molar-refractivity contribution in [3.63, 3.8) is 0 Å². The van der Waals surface area contributed by atoms with Gasteiger partial charge in [-0.2, -0.15) is 0 Å². The maximum Gasteiger partial charge on any atom is 0.314 e. The summed E-state index contributed by atoms with van der Waals surface area (Å²) >= 11 is 0. The molecule has 0 spiro atoms. The number of fused-ring (bicyclic) bond motifs is 1. The van der Waals surface area contributed by atoms with Crippen molar-refractivity contribution in [2.45, 2.75) is 25.9 Å². The predicted octanol–water partition coefficient (Wildman–Crippen LogP) is 3.47. The number of nitrogens with zero attached hydrogens (tertiary/aromatic N) is 3. The number of aromatic nitrogens is 4. The average Bonchev–Trinajstić information content (AvgIpc) is 2.99. The molecular weight excluding hydrogens is 401 g/mol. The number of benzene rings is 1. The van der Waals surface area contributed by atoms with E-state index in [1.165, 1.54) is 0 Å². The molecule has 0 saturated carbocycles. The zero-order valence-corrected chi connectivity index (χ0v) is 13.7. The molecule has 0 radical (unpaired) electrons. The van der Waals surface area contributed by atoms with E-state index in [0.29, 0.717) is 16.6 Å². The van der Waals surface area contributed by atoms with E-state index in [1.807, 2.05) is 4.98 Å². The van der Waals surface area contributed by atoms with Crippen LogP contribution in [0.4, 0.5) is 30.7 Å². The lowest BCUT2D eigenvalue weighted by Gasteiger charge is -2.12. The molecule has 0 amide bonds. The second-order valence-electron chi connectivity index (χ2n) is 5.55. The molecule has 150 valence electrons. The molecule has 0 bridgehead atoms. The molecule has 1 N–H and O–H groups in total. The van der Waals surface area contributed by atoms with Crippen molar-refractivity contribution in [2.75, 3.05) is 0 Å². The third kappa shape index (κ3) is 3.39. The summed E-state index contributed by atoms with van der Waals surface area (Å²) in [6.07, 6.45) is -7.99. The molecule has 1 unspecified atom stereocenters. The van der Waals surface area contributed by atoms with Gasteiger partial charge < -0.3 is 4.74 Å². The van der Waals surface area contributed by atoms with E-state index in [9.17, 15) is 35.5 Å². The van der Waals surface area contributed by atoms with Crippen LogP contribution in [0.3, 0.4) is 0 Å². The van der Waals surface area contributed by atoms with E-state index >= 15 is 0 Å². The third-order valence-electron chi connectivity index (χ3n) is 3.61. The van der Waals surface area contributed by atoms with Gasteiger partial charge in [0.25, 0.3) is 18.4 Å². The van der Waals surface area contributed by atoms with Gasteiger partial charge in [0.2, 0.25) is 5.65 Å². The Morgan fingerprint density at radius 1 is 1.11 bits per heavy atom. The normalized spacial score (nSPS) is 12.9. The smallest absolute Gasteiger partial charge is 0.314 e. The van der Waals surface area contributed by atoms with Gasteiger partial charge in [-0.05, 0) is 19.1 Å². The van der Waals surface area contributed by atoms with Crippen LogP contribution in [0.5, 0.6) is 6.01 Å². The lowest BCUT2D eigenvalue weighted by atomic mass is 10.1. The largest absolute Gasteiger partial charge is 0.455 e. The Bertz CT molecular complexity index is 1070. The topological polar surface area (TPSA) is 72.3 Å². The van der Waals surface area contributed by atoms with Crippen LogP contribution < -0.4 is 10.3 Å². The SMILES string of the molecule is CC(Oc1nn2c(-c3cc(F)c(F)c(F)c3)c(C(F)F)nc2c(=O)[nH]1)C(F)F. The Labute approximate surface area is 150 Å². The fraction of sp³-hybridized carbons (Fsp3) is 0.267. The van der Waals surface area contributed by atoms with E-state index in [1.54, 1.807) is 0 Å². The molecule has 0 aliphatic rings. The molecule has 3 aromatic rings. The molecule has 28 heavy (non-hydrogen) atoms. The van der Waals surface area contributed by atoms with E-state index in [2.05, 4.69) is 10.1 Å². The van der Waals surface area contributed by atoms with Crippen LogP contribution in [0, 0.1) is 17.5 Å². The first-order valence-electron chi connectivity index (χ1n) is 7.51. The van der Waals surface area contributed by atoms with Gasteiger partial charge in [0.05, 0.1) is 0 Å². The van der Waals surface area contributed by atoms with Gasteiger partial charge in [-0.3, -0.25) is 9.78 Å². The molecule has 0 aliphatic heterocycles. The fourth-order valence-corrected chi connectivity index (χ4v) is 2.34. The highest BCUT2D eigenvalue weighted by Gasteiger charge is 2.27. The molecule has 0 fully saturated rings. The number of hydrogen-bond acceptors (Lipinski definition) is 4. The molecule has 1 aromatic carbocycles. The molecule has 3 rings (SSSR count). The van der Waals surface area contributed by atoms with Gasteiger partial charge in [-0.1, -0.05) is 0 Å². The lowest BCUT2D eigenvalue weighted by Crippen LogP contribution is -2.25. The Hall–Kier alpha value is -3.12. The molecule has 6 nitrogen and oxygen atoms in total. The highest BCUT2D eigenvalue weighted by atomic mass is 19.3. The van der Waals surface area contributed by atoms with Crippen LogP contribution in [0.2, 0.25) is 0 Å². The van der Waals surface area contributed by atoms with Crippen LogP contribution in [-0.4, -0.2) is 32.1 Å². The number of alkyl halides is 4. The van der Waals surface area contributed by atoms with Gasteiger partial charge in [0.1, 0.15) is 11.4 Å². The number of imidazole rings is 1. The quantitative estimate of drug-likeness (QED) is 0.517. The fourth-order valence-electron chi connectivity index (χ4n) is 2.34. The summed E-state index contributed by atoms with van der Waals surface area (Å²) in [6, 6.07) is 0.0329. The van der Waals surface area contributed by atoms with E-state index in [0.717, 1.165) is 6.92 Å². The van der Waals surface area contributed by atoms with Crippen molar-refractivity contribution in [3.8, 4) is 17.3 Å². The summed E-state index contributed by atoms with van der Waals surface area (Å²) in [7, 11) is 0. The highest BCUT2D eigenvalue weighted by Crippen LogP contribution is 2.32. The molecular formula is C15H9F7N4O2. The van der Waals surface area contributed by atoms with Gasteiger partial charge in [0, 0.05) is 5.56 Å². The van der Waals surface area contributed by atoms with Crippen molar-refractivity contribution in [1.82, 2.24) is 19.6 Å². The number of nitrogens with one attached hydrogen (secondary N) is 1. The lowest BCUT2D eigenvalue weighted by molar-refractivity contribution is 0.0166. The number of H-pyrrole nitrogens is 1. The first-order valence-corrected chi connectivity index (χ1v) is 7.51. The van der Waals surface area contributed by atoms with Crippen molar-refractivity contribution < 1.29 is 35.5 Å². The molecule has 0 aliphatic carbocycles. The number of hydrogen-bond donors (Lipinski definition) is 1. The minimum atomic E-state index is -3.31. The first kappa shape index (κ1) is 19.6. The van der Waals surface area contributed by atoms with Crippen LogP contribution in [0.1, 0.15) is 19.0 Å². The predicted molar refractivity (Wildman–Crippen MR) is 80.0 cm³/mol. The summed E-state index contributed by atoms with van der Waals surface area (Å²) in [5.41, 5.74) is -4.27. The summed E-state index contributed by atoms with van der Waals surface area (Å²) < 4.78 is 97.5. The van der Waals surface area contributed by atoms with Crippen molar-refractivity contribution in [2.24, 2.45) is 0 Å². The Balaban J connectivity index is 2.29. The molecule has 13 heteroatoms. The monoisotopic (exact) mass is 410 g/mol. The number of aromatic amines is 1. The first-order chi connectivity index (χ1) is 13.1. The third-order valence-corrected chi connectivity index (χ3v) is 3.61. The summed E-state index contributed by atoms with van der Waals surface area (Å²) in [6.45, 7) is 0.957. The zero-order chi connectivity index (χ0) is 20.7. The molecule has 2 aromatic heterocycles. The number of ether oxygens (including phenoxy) is 1. The van der Waals surface area contributed by atoms with Crippen LogP contribution in [-0.2, 0) is 0 Å². The minimum absolute atomic E-state index is 0.402. The van der Waals surface area contributed by atoms with E-state index in [4.69, 9.17) is 4.74 Å². The van der Waals surface area contributed by atoms with Gasteiger partial charge in [0.15, 0.2) is 23.6 Å². The van der Waals surface area contributed by atoms with E-state index in [-0.39, 0.29) is 0 Å². The second kappa shape index (κ2) is 7.13. The van der Waals surface area contributed by atoms with Gasteiger partial charge in [-0.15, -0.1) is 5.10 Å². The summed E-state index contributed by atoms with van der Waals surface area (Å²) in [5, 5.41) is 3.59. The molecule has 1 atom stereocenters. The number of rotatable bonds is 5. The van der Waals surface area contributed by atoms with Crippen molar-refractivity contribution >= 4 is 5.65 Å². The second-order valence-corrected chi connectivity index (χ2v) is 5.55. The zero-order valence-electron chi connectivity index (χ0n) is 13.7. The number of halogens is 7. The van der Waals surface area contributed by atoms with Crippen LogP contribution in [0.25, 0.3) is 16.9 Å². The average molecular weight is 410 g/mol. The Morgan fingerprint density at radius 2 is 1.71 bits per heavy atom. The van der Waals surface area contributed by atoms with Crippen LogP contribution in [0.15, 0.2) is 16.9 Å². The minimum Gasteiger partial charge on any atom is -0.455 e. The Kier molecular flexibility index (Phi) is 5.00. The maximum atomic E-state index is 13.6. The Morgan fingerprint density at radius 3 is 2.25 bits per heavy atom. The van der Waals surface area contributed by atoms with E-state index < -0.39 is 70.6 Å². The van der Waals surface area contributed by atoms with Gasteiger partial charge in [-0.25, -0.2) is 40.2 Å². The van der Waals surface area contributed by atoms with Crippen molar-refractivity contribution in [1.29, 1.82) is 0 Å². The van der Waals surface area contributed by atoms with Crippen LogP contribution >= 0.6 is 0 Å². The standard InChI is InChI=1S/C15H9F7N4O2/c1-4(11(19)20)28-15-24-14(27)13-23-9(12(21)22)10(26(13)25-15)5-2-6(16)8(18)7(17)3-5/h2-4,11-12H,1H3,(H,24,25,27). The maximum absolute atomic E-state index is 13.6. The molecule has 0 saturated heterocycles.